The summed E-state index contributed by atoms with van der Waals surface area (Å²) in [5.41, 5.74) is 3.67. The molecule has 15 nitrogen and oxygen atoms in total. The predicted octanol–water partition coefficient (Wildman–Crippen LogP) is 10.1. The summed E-state index contributed by atoms with van der Waals surface area (Å²) in [6.45, 7) is 24.7. The van der Waals surface area contributed by atoms with Gasteiger partial charge in [-0.25, -0.2) is 4.79 Å². The number of methoxy groups -OCH3 is 3. The number of H-pyrrole nitrogens is 1. The lowest BCUT2D eigenvalue weighted by Gasteiger charge is -2.47. The fourth-order valence-corrected chi connectivity index (χ4v) is 13.2. The number of rotatable bonds is 11. The molecule has 4 heterocycles. The number of carbonyl (C=O) groups excluding carboxylic acids is 4. The summed E-state index contributed by atoms with van der Waals surface area (Å²) in [7, 11) is 2.77. The topological polar surface area (TPSA) is 192 Å². The van der Waals surface area contributed by atoms with Gasteiger partial charge in [0.1, 0.15) is 35.9 Å². The average Bonchev–Trinajstić information content (AvgIpc) is 3.80. The number of aliphatic hydroxyl groups is 2. The second-order valence-electron chi connectivity index (χ2n) is 24.2. The number of nitrogens with one attached hydrogen (secondary N) is 1. The molecule has 6 rings (SSSR count). The summed E-state index contributed by atoms with van der Waals surface area (Å²) in [5.74, 6) is -6.85. The summed E-state index contributed by atoms with van der Waals surface area (Å²) in [4.78, 5) is 62.5. The third kappa shape index (κ3) is 14.1. The van der Waals surface area contributed by atoms with Crippen molar-refractivity contribution in [1.29, 1.82) is 0 Å². The SMILES string of the molecule is CCC1C=C(C)CC(C)CC(OC)C2OC(O)(C(=O)C(=O)N3CCCCC3C(=O)OC(C(C)=CC3CCC(Oc4ccc5cc(C(C)O[Si](C)(C)C(C)(C)C)[nH]c5c4)C(OC)C3)C(C)C(O)CC1=O)C(C)CC2OC. The van der Waals surface area contributed by atoms with Gasteiger partial charge >= 0.3 is 5.97 Å². The van der Waals surface area contributed by atoms with Crippen molar-refractivity contribution in [2.45, 2.75) is 219 Å². The molecular weight excluding hydrogens is 973 g/mol. The zero-order valence-corrected chi connectivity index (χ0v) is 48.9. The van der Waals surface area contributed by atoms with Gasteiger partial charge in [-0.1, -0.05) is 66.2 Å². The Morgan fingerprint density at radius 3 is 2.27 bits per heavy atom. The van der Waals surface area contributed by atoms with Crippen LogP contribution in [-0.4, -0.2) is 134 Å². The minimum absolute atomic E-state index is 0.0109. The van der Waals surface area contributed by atoms with E-state index in [9.17, 15) is 29.4 Å². The van der Waals surface area contributed by atoms with E-state index in [4.69, 9.17) is 32.8 Å². The molecule has 1 saturated carbocycles. The van der Waals surface area contributed by atoms with Gasteiger partial charge in [0, 0.05) is 74.7 Å². The average molecular weight is 1070 g/mol. The Bertz CT molecular complexity index is 2360. The van der Waals surface area contributed by atoms with Crippen LogP contribution >= 0.6 is 0 Å². The molecule has 3 fully saturated rings. The lowest BCUT2D eigenvalue weighted by atomic mass is 9.81. The van der Waals surface area contributed by atoms with Crippen molar-refractivity contribution in [3.05, 3.63) is 53.3 Å². The van der Waals surface area contributed by atoms with Crippen LogP contribution in [0.25, 0.3) is 10.9 Å². The van der Waals surface area contributed by atoms with Gasteiger partial charge in [-0.2, -0.15) is 0 Å². The molecule has 1 aromatic carbocycles. The Hall–Kier alpha value is -3.74. The third-order valence-corrected chi connectivity index (χ3v) is 22.0. The van der Waals surface area contributed by atoms with Crippen LogP contribution in [0.15, 0.2) is 47.6 Å². The number of fused-ring (bicyclic) bond motifs is 4. The van der Waals surface area contributed by atoms with E-state index >= 15 is 0 Å². The van der Waals surface area contributed by atoms with Gasteiger partial charge in [0.25, 0.3) is 11.7 Å². The van der Waals surface area contributed by atoms with Crippen molar-refractivity contribution in [2.75, 3.05) is 27.9 Å². The van der Waals surface area contributed by atoms with Crippen LogP contribution in [0.1, 0.15) is 152 Å². The number of aromatic nitrogens is 1. The minimum Gasteiger partial charge on any atom is -0.488 e. The Morgan fingerprint density at radius 1 is 0.933 bits per heavy atom. The number of benzene rings is 1. The van der Waals surface area contributed by atoms with Gasteiger partial charge < -0.3 is 52.9 Å². The van der Waals surface area contributed by atoms with Crippen molar-refractivity contribution in [2.24, 2.45) is 29.6 Å². The number of aliphatic hydroxyl groups excluding tert-OH is 1. The van der Waals surface area contributed by atoms with Crippen LogP contribution in [-0.2, 0) is 47.3 Å². The molecule has 2 bridgehead atoms. The quantitative estimate of drug-likeness (QED) is 0.0834. The van der Waals surface area contributed by atoms with Gasteiger partial charge in [0.2, 0.25) is 5.79 Å². The highest BCUT2D eigenvalue weighted by Crippen LogP contribution is 2.42. The van der Waals surface area contributed by atoms with Gasteiger partial charge in [-0.15, -0.1) is 0 Å². The van der Waals surface area contributed by atoms with E-state index in [1.54, 1.807) is 35.2 Å². The van der Waals surface area contributed by atoms with Gasteiger partial charge in [-0.05, 0) is 139 Å². The molecule has 15 atom stereocenters. The Balaban J connectivity index is 1.26. The first-order chi connectivity index (χ1) is 35.2. The van der Waals surface area contributed by atoms with E-state index < -0.39 is 86.1 Å². The molecule has 2 saturated heterocycles. The van der Waals surface area contributed by atoms with Crippen molar-refractivity contribution in [1.82, 2.24) is 9.88 Å². The second kappa shape index (κ2) is 25.4. The number of nitrogens with zero attached hydrogens (tertiary/aromatic N) is 1. The predicted molar refractivity (Wildman–Crippen MR) is 291 cm³/mol. The number of aromatic amines is 1. The summed E-state index contributed by atoms with van der Waals surface area (Å²) in [6.07, 6.45) is 4.29. The molecule has 16 heteroatoms. The highest BCUT2D eigenvalue weighted by molar-refractivity contribution is 6.74. The number of Topliss-reactive ketones (excluding diaryl/α,β-unsaturated/α-hetero) is 2. The first-order valence-corrected chi connectivity index (χ1v) is 30.7. The number of cyclic esters (lactones) is 1. The summed E-state index contributed by atoms with van der Waals surface area (Å²) in [6, 6.07) is 7.08. The van der Waals surface area contributed by atoms with Crippen molar-refractivity contribution in [3.8, 4) is 5.75 Å². The monoisotopic (exact) mass is 1060 g/mol. The van der Waals surface area contributed by atoms with E-state index in [1.165, 1.54) is 4.90 Å². The molecule has 1 aromatic heterocycles. The lowest BCUT2D eigenvalue weighted by Crippen LogP contribution is -2.64. The molecule has 4 aliphatic rings. The molecule has 3 aliphatic heterocycles. The highest BCUT2D eigenvalue weighted by Gasteiger charge is 2.57. The first kappa shape index (κ1) is 60.5. The van der Waals surface area contributed by atoms with E-state index in [-0.39, 0.29) is 66.8 Å². The highest BCUT2D eigenvalue weighted by atomic mass is 28.4. The van der Waals surface area contributed by atoms with Gasteiger partial charge in [0.15, 0.2) is 8.32 Å². The van der Waals surface area contributed by atoms with Crippen LogP contribution < -0.4 is 4.74 Å². The van der Waals surface area contributed by atoms with Crippen molar-refractivity contribution in [3.63, 3.8) is 0 Å². The molecule has 0 spiro atoms. The maximum absolute atomic E-state index is 14.7. The van der Waals surface area contributed by atoms with Crippen LogP contribution in [0, 0.1) is 29.6 Å². The Morgan fingerprint density at radius 2 is 1.61 bits per heavy atom. The lowest BCUT2D eigenvalue weighted by molar-refractivity contribution is -0.302. The van der Waals surface area contributed by atoms with Crippen LogP contribution in [0.5, 0.6) is 5.75 Å². The van der Waals surface area contributed by atoms with Crippen LogP contribution in [0.4, 0.5) is 0 Å². The summed E-state index contributed by atoms with van der Waals surface area (Å²) in [5, 5.41) is 25.3. The smallest absolute Gasteiger partial charge is 0.329 e. The number of hydrogen-bond acceptors (Lipinski definition) is 13. The standard InChI is InChI=1S/C59H92N2O13Si/c1-16-41-26-34(2)25-35(3)27-51(69-12)54-52(70-13)29-37(5)59(67,73-54)55(64)56(65)61-24-18-17-19-46(61)57(66)72-53(38(6)47(62)33-48(41)63)36(4)28-40-20-23-49(50(30-40)68-11)71-43-22-21-42-31-44(60-45(42)32-43)39(7)74-75(14,15)58(8,9)10/h21-22,26,28,31-32,35,37-41,46-47,49-54,60,62,67H,16-20,23-25,27,29-30,33H2,1-15H3. The molecule has 1 amide bonds. The van der Waals surface area contributed by atoms with E-state index in [0.29, 0.717) is 50.5 Å². The number of amides is 1. The fraction of sp³-hybridized carbons (Fsp3) is 0.729. The number of esters is 1. The molecule has 15 unspecified atom stereocenters. The van der Waals surface area contributed by atoms with E-state index in [1.807, 2.05) is 39.0 Å². The number of ketones is 2. The minimum atomic E-state index is -2.52. The first-order valence-electron chi connectivity index (χ1n) is 27.8. The Kier molecular flexibility index (Phi) is 20.5. The molecule has 75 heavy (non-hydrogen) atoms. The molecule has 420 valence electrons. The normalized spacial score (nSPS) is 34.3. The molecule has 1 aliphatic carbocycles. The summed E-state index contributed by atoms with van der Waals surface area (Å²) >= 11 is 0. The number of allylic oxidation sites excluding steroid dienone is 3. The fourth-order valence-electron chi connectivity index (χ4n) is 11.8. The van der Waals surface area contributed by atoms with E-state index in [0.717, 1.165) is 34.3 Å². The maximum atomic E-state index is 14.7. The zero-order valence-electron chi connectivity index (χ0n) is 47.9. The number of piperidine rings is 1. The van der Waals surface area contributed by atoms with Crippen molar-refractivity contribution < 1.29 is 62.2 Å². The maximum Gasteiger partial charge on any atom is 0.329 e. The molecular formula is C59H92N2O13Si. The molecule has 0 radical (unpaired) electrons. The number of ether oxygens (including phenoxy) is 6. The van der Waals surface area contributed by atoms with Crippen molar-refractivity contribution >= 4 is 42.7 Å². The number of hydrogen-bond donors (Lipinski definition) is 3. The largest absolute Gasteiger partial charge is 0.488 e. The Labute approximate surface area is 448 Å². The third-order valence-electron chi connectivity index (χ3n) is 17.5. The second-order valence-corrected chi connectivity index (χ2v) is 29.0. The van der Waals surface area contributed by atoms with Crippen LogP contribution in [0.2, 0.25) is 18.1 Å². The van der Waals surface area contributed by atoms with Gasteiger partial charge in [-0.3, -0.25) is 14.4 Å². The van der Waals surface area contributed by atoms with E-state index in [2.05, 4.69) is 70.9 Å². The zero-order chi connectivity index (χ0) is 55.3. The summed E-state index contributed by atoms with van der Waals surface area (Å²) < 4.78 is 44.0. The molecule has 3 N–H and O–H groups in total. The molecule has 2 aromatic rings. The number of carbonyl (C=O) groups is 4. The van der Waals surface area contributed by atoms with Gasteiger partial charge in [0.05, 0.1) is 30.5 Å². The van der Waals surface area contributed by atoms with Crippen LogP contribution in [0.3, 0.4) is 0 Å².